The molecule has 1 heterocycles. The van der Waals surface area contributed by atoms with Gasteiger partial charge >= 0.3 is 0 Å². The summed E-state index contributed by atoms with van der Waals surface area (Å²) in [6.07, 6.45) is 6.49. The van der Waals surface area contributed by atoms with Crippen molar-refractivity contribution in [2.24, 2.45) is 5.10 Å². The second-order valence-corrected chi connectivity index (χ2v) is 7.21. The molecule has 32 heavy (non-hydrogen) atoms. The van der Waals surface area contributed by atoms with Crippen LogP contribution in [0.25, 0.3) is 6.08 Å². The second kappa shape index (κ2) is 9.00. The number of carbonyl (C=O) groups excluding carboxylic acids is 1. The lowest BCUT2D eigenvalue weighted by Gasteiger charge is -2.15. The highest BCUT2D eigenvalue weighted by Gasteiger charge is 2.37. The van der Waals surface area contributed by atoms with E-state index in [1.165, 1.54) is 20.1 Å². The summed E-state index contributed by atoms with van der Waals surface area (Å²) >= 11 is 3.28. The van der Waals surface area contributed by atoms with E-state index in [1.54, 1.807) is 12.1 Å². The maximum Gasteiger partial charge on any atom is 0.280 e. The third-order valence-corrected chi connectivity index (χ3v) is 4.79. The molecule has 0 aromatic heterocycles. The predicted molar refractivity (Wildman–Crippen MR) is 110 cm³/mol. The fourth-order valence-electron chi connectivity index (χ4n) is 2.89. The van der Waals surface area contributed by atoms with E-state index < -0.39 is 40.7 Å². The molecule has 0 spiro atoms. The summed E-state index contributed by atoms with van der Waals surface area (Å²) in [4.78, 5) is 12.9. The molecule has 0 radical (unpaired) electrons. The Morgan fingerprint density at radius 1 is 1.12 bits per heavy atom. The van der Waals surface area contributed by atoms with E-state index in [0.717, 1.165) is 0 Å². The number of hydrogen-bond donors (Lipinski definition) is 0. The summed E-state index contributed by atoms with van der Waals surface area (Å²) in [5.41, 5.74) is -1.42. The minimum atomic E-state index is -2.34. The second-order valence-electron chi connectivity index (χ2n) is 6.30. The summed E-state index contributed by atoms with van der Waals surface area (Å²) in [6.45, 7) is 1.19. The van der Waals surface area contributed by atoms with Crippen molar-refractivity contribution in [1.82, 2.24) is 0 Å². The van der Waals surface area contributed by atoms with Crippen LogP contribution in [0.4, 0.5) is 27.6 Å². The normalized spacial score (nSPS) is 14.6. The van der Waals surface area contributed by atoms with Gasteiger partial charge in [-0.3, -0.25) is 4.79 Å². The highest BCUT2D eigenvalue weighted by atomic mass is 79.9. The Hall–Kier alpha value is -3.39. The van der Waals surface area contributed by atoms with E-state index in [-0.39, 0.29) is 40.0 Å². The molecule has 2 aromatic rings. The highest BCUT2D eigenvalue weighted by molar-refractivity contribution is 9.10. The molecule has 0 saturated carbocycles. The molecule has 0 atom stereocenters. The summed E-state index contributed by atoms with van der Waals surface area (Å²) < 4.78 is 80.2. The average molecular weight is 515 g/mol. The van der Waals surface area contributed by atoms with Gasteiger partial charge in [-0.1, -0.05) is 21.9 Å². The van der Waals surface area contributed by atoms with Gasteiger partial charge in [0.1, 0.15) is 12.3 Å². The van der Waals surface area contributed by atoms with Gasteiger partial charge in [-0.05, 0) is 25.1 Å². The Bertz CT molecular complexity index is 1210. The molecule has 1 aliphatic heterocycles. The number of amides is 1. The number of anilines is 1. The van der Waals surface area contributed by atoms with Crippen LogP contribution in [0.1, 0.15) is 12.5 Å². The van der Waals surface area contributed by atoms with Gasteiger partial charge in [0.25, 0.3) is 5.91 Å². The number of hydrazone groups is 1. The van der Waals surface area contributed by atoms with Gasteiger partial charge in [0, 0.05) is 10.0 Å². The number of hydrogen-bond acceptors (Lipinski definition) is 4. The first-order chi connectivity index (χ1) is 15.1. The van der Waals surface area contributed by atoms with Crippen LogP contribution < -0.4 is 14.5 Å². The van der Waals surface area contributed by atoms with Crippen LogP contribution >= 0.6 is 15.9 Å². The fourth-order valence-corrected chi connectivity index (χ4v) is 3.34. The quantitative estimate of drug-likeness (QED) is 0.186. The van der Waals surface area contributed by atoms with E-state index in [0.29, 0.717) is 4.47 Å². The lowest BCUT2D eigenvalue weighted by molar-refractivity contribution is -0.114. The predicted octanol–water partition coefficient (Wildman–Crippen LogP) is 4.97. The van der Waals surface area contributed by atoms with E-state index in [9.17, 15) is 26.7 Å². The lowest BCUT2D eigenvalue weighted by Crippen LogP contribution is -2.25. The van der Waals surface area contributed by atoms with Crippen molar-refractivity contribution in [3.63, 3.8) is 0 Å². The highest BCUT2D eigenvalue weighted by Crippen LogP contribution is 2.38. The number of rotatable bonds is 5. The van der Waals surface area contributed by atoms with Gasteiger partial charge in [-0.2, -0.15) is 10.1 Å². The molecule has 0 unspecified atom stereocenters. The number of terminal acetylenes is 1. The largest absolute Gasteiger partial charge is 0.493 e. The first-order valence-corrected chi connectivity index (χ1v) is 9.48. The Morgan fingerprint density at radius 3 is 2.28 bits per heavy atom. The monoisotopic (exact) mass is 514 g/mol. The van der Waals surface area contributed by atoms with Crippen molar-refractivity contribution in [3.05, 3.63) is 56.8 Å². The Morgan fingerprint density at radius 2 is 1.72 bits per heavy atom. The number of benzene rings is 2. The molecule has 3 rings (SSSR count). The Labute approximate surface area is 187 Å². The minimum absolute atomic E-state index is 0.0409. The number of carbonyl (C=O) groups is 1. The van der Waals surface area contributed by atoms with Crippen molar-refractivity contribution in [2.45, 2.75) is 6.92 Å². The molecule has 0 saturated heterocycles. The molecular formula is C21H12BrF5N2O3. The van der Waals surface area contributed by atoms with E-state index in [1.807, 2.05) is 0 Å². The Kier molecular flexibility index (Phi) is 6.55. The zero-order chi connectivity index (χ0) is 23.7. The fraction of sp³-hybridized carbons (Fsp3) is 0.143. The summed E-state index contributed by atoms with van der Waals surface area (Å²) in [7, 11) is 1.37. The van der Waals surface area contributed by atoms with Crippen molar-refractivity contribution in [3.8, 4) is 23.8 Å². The third-order valence-electron chi connectivity index (χ3n) is 4.33. The molecule has 1 aliphatic rings. The maximum absolute atomic E-state index is 14.2. The van der Waals surface area contributed by atoms with Gasteiger partial charge in [-0.25, -0.2) is 22.0 Å². The topological polar surface area (TPSA) is 51.1 Å². The third kappa shape index (κ3) is 3.93. The van der Waals surface area contributed by atoms with Gasteiger partial charge in [0.05, 0.1) is 18.4 Å². The minimum Gasteiger partial charge on any atom is -0.493 e. The molecule has 5 nitrogen and oxygen atoms in total. The molecule has 11 heteroatoms. The summed E-state index contributed by atoms with van der Waals surface area (Å²) in [5.74, 6) is -9.52. The average Bonchev–Trinajstić information content (AvgIpc) is 3.03. The molecule has 0 N–H and O–H groups in total. The van der Waals surface area contributed by atoms with Crippen molar-refractivity contribution in [1.29, 1.82) is 0 Å². The maximum atomic E-state index is 14.2. The van der Waals surface area contributed by atoms with Crippen LogP contribution in [0.15, 0.2) is 27.3 Å². The van der Waals surface area contributed by atoms with Crippen molar-refractivity contribution < 1.29 is 36.2 Å². The van der Waals surface area contributed by atoms with Crippen LogP contribution in [0, 0.1) is 41.4 Å². The van der Waals surface area contributed by atoms with E-state index in [4.69, 9.17) is 15.9 Å². The van der Waals surface area contributed by atoms with Crippen LogP contribution in [-0.2, 0) is 4.79 Å². The van der Waals surface area contributed by atoms with Crippen LogP contribution in [0.5, 0.6) is 11.5 Å². The first-order valence-electron chi connectivity index (χ1n) is 8.69. The van der Waals surface area contributed by atoms with Gasteiger partial charge < -0.3 is 9.47 Å². The Balaban J connectivity index is 2.14. The number of nitrogens with zero attached hydrogens (tertiary/aromatic N) is 2. The lowest BCUT2D eigenvalue weighted by atomic mass is 10.1. The summed E-state index contributed by atoms with van der Waals surface area (Å²) in [5, 5.41) is 3.81. The van der Waals surface area contributed by atoms with Crippen LogP contribution in [0.2, 0.25) is 0 Å². The molecule has 1 amide bonds. The molecule has 166 valence electrons. The summed E-state index contributed by atoms with van der Waals surface area (Å²) in [6, 6.07) is 3.12. The number of halogens is 6. The molecule has 2 aromatic carbocycles. The number of methoxy groups -OCH3 is 1. The van der Waals surface area contributed by atoms with Crippen molar-refractivity contribution in [2.75, 3.05) is 18.7 Å². The first kappa shape index (κ1) is 23.3. The molecule has 0 bridgehead atoms. The van der Waals surface area contributed by atoms with Gasteiger partial charge in [0.15, 0.2) is 34.8 Å². The van der Waals surface area contributed by atoms with E-state index >= 15 is 0 Å². The smallest absolute Gasteiger partial charge is 0.280 e. The molecule has 0 fully saturated rings. The zero-order valence-electron chi connectivity index (χ0n) is 16.4. The molecular weight excluding hydrogens is 503 g/mol. The van der Waals surface area contributed by atoms with Gasteiger partial charge in [-0.15, -0.1) is 6.42 Å². The van der Waals surface area contributed by atoms with Crippen LogP contribution in [-0.4, -0.2) is 25.3 Å². The SMILES string of the molecule is C#CCOc1c(/C=C2\C(=O)N(c3c(F)c(F)c(F)c(F)c3F)N=C2C)cc(Br)cc1OC. The zero-order valence-corrected chi connectivity index (χ0v) is 18.0. The molecule has 0 aliphatic carbocycles. The number of ether oxygens (including phenoxy) is 2. The van der Waals surface area contributed by atoms with Crippen molar-refractivity contribution >= 4 is 39.3 Å². The van der Waals surface area contributed by atoms with Crippen LogP contribution in [0.3, 0.4) is 0 Å². The standard InChI is InChI=1S/C21H12BrF5N2O3/c1-4-5-32-20-10(6-11(22)8-13(20)31-3)7-12-9(2)28-29(21(12)30)19-17(26)15(24)14(23)16(25)18(19)27/h1,6-8H,5H2,2-3H3/b12-7-. The van der Waals surface area contributed by atoms with E-state index in [2.05, 4.69) is 27.0 Å². The van der Waals surface area contributed by atoms with Gasteiger partial charge in [0.2, 0.25) is 5.82 Å².